The summed E-state index contributed by atoms with van der Waals surface area (Å²) in [6, 6.07) is 19.9. The molecule has 0 radical (unpaired) electrons. The van der Waals surface area contributed by atoms with Gasteiger partial charge in [0.25, 0.3) is 0 Å². The van der Waals surface area contributed by atoms with Crippen LogP contribution in [0.2, 0.25) is 0 Å². The largest absolute Gasteiger partial charge is 0.303 e. The number of hydrogen-bond acceptors (Lipinski definition) is 2. The fourth-order valence-electron chi connectivity index (χ4n) is 4.39. The van der Waals surface area contributed by atoms with Crippen LogP contribution in [0.1, 0.15) is 50.2 Å². The summed E-state index contributed by atoms with van der Waals surface area (Å²) in [7, 11) is 0. The van der Waals surface area contributed by atoms with E-state index in [1.54, 1.807) is 0 Å². The lowest BCUT2D eigenvalue weighted by Crippen LogP contribution is -2.39. The minimum atomic E-state index is -0.467. The molecule has 0 spiro atoms. The molecular weight excluding hydrogens is 347 g/mol. The van der Waals surface area contributed by atoms with Gasteiger partial charge in [-0.25, -0.2) is 4.39 Å². The molecule has 0 saturated heterocycles. The van der Waals surface area contributed by atoms with Gasteiger partial charge in [0.15, 0.2) is 0 Å². The van der Waals surface area contributed by atoms with E-state index in [-0.39, 0.29) is 5.82 Å². The summed E-state index contributed by atoms with van der Waals surface area (Å²) in [4.78, 5) is 2.47. The molecule has 0 aliphatic heterocycles. The van der Waals surface area contributed by atoms with Crippen LogP contribution in [-0.2, 0) is 11.8 Å². The molecule has 0 N–H and O–H groups in total. The van der Waals surface area contributed by atoms with Gasteiger partial charge in [0, 0.05) is 6.54 Å². The van der Waals surface area contributed by atoms with Crippen LogP contribution < -0.4 is 0 Å². The zero-order valence-electron chi connectivity index (χ0n) is 16.9. The number of benzene rings is 2. The number of hydrogen-bond donors (Lipinski definition) is 0. The summed E-state index contributed by atoms with van der Waals surface area (Å²) in [6.07, 6.45) is 6.31. The molecule has 1 atom stereocenters. The predicted molar refractivity (Wildman–Crippen MR) is 113 cm³/mol. The molecule has 2 aromatic rings. The van der Waals surface area contributed by atoms with Gasteiger partial charge >= 0.3 is 0 Å². The predicted octanol–water partition coefficient (Wildman–Crippen LogP) is 5.73. The van der Waals surface area contributed by atoms with E-state index in [9.17, 15) is 9.65 Å². The molecule has 1 unspecified atom stereocenters. The maximum absolute atomic E-state index is 13.4. The highest BCUT2D eigenvalue weighted by atomic mass is 19.1. The Kier molecular flexibility index (Phi) is 7.23. The third-order valence-corrected chi connectivity index (χ3v) is 6.41. The molecule has 0 amide bonds. The van der Waals surface area contributed by atoms with Crippen molar-refractivity contribution in [2.75, 3.05) is 19.6 Å². The van der Waals surface area contributed by atoms with Gasteiger partial charge in [-0.2, -0.15) is 5.26 Å². The minimum Gasteiger partial charge on any atom is -0.303 e. The third-order valence-electron chi connectivity index (χ3n) is 6.41. The van der Waals surface area contributed by atoms with Crippen molar-refractivity contribution in [3.63, 3.8) is 0 Å². The quantitative estimate of drug-likeness (QED) is 0.528. The topological polar surface area (TPSA) is 27.0 Å². The van der Waals surface area contributed by atoms with E-state index in [4.69, 9.17) is 0 Å². The van der Waals surface area contributed by atoms with Crippen molar-refractivity contribution in [3.8, 4) is 6.07 Å². The Morgan fingerprint density at radius 2 is 1.79 bits per heavy atom. The van der Waals surface area contributed by atoms with Crippen molar-refractivity contribution in [1.29, 1.82) is 5.26 Å². The molecule has 3 heteroatoms. The summed E-state index contributed by atoms with van der Waals surface area (Å²) in [5, 5.41) is 10.2. The summed E-state index contributed by atoms with van der Waals surface area (Å²) in [5.74, 6) is 0.171. The maximum Gasteiger partial charge on any atom is 0.123 e. The van der Waals surface area contributed by atoms with Crippen LogP contribution in [0.5, 0.6) is 0 Å². The van der Waals surface area contributed by atoms with E-state index in [1.165, 1.54) is 24.1 Å². The van der Waals surface area contributed by atoms with Gasteiger partial charge in [0.2, 0.25) is 0 Å². The molecule has 1 aliphatic carbocycles. The standard InChI is InChI=1S/C25H31FN2/c1-2-28(19-16-21-8-4-3-5-9-21)18-7-17-25(20-27,22-10-6-11-22)23-12-14-24(26)15-13-23/h3-5,8-9,12-15,22H,2,6-7,10-11,16-19H2,1H3. The van der Waals surface area contributed by atoms with Crippen molar-refractivity contribution in [1.82, 2.24) is 4.90 Å². The van der Waals surface area contributed by atoms with Crippen molar-refractivity contribution in [3.05, 3.63) is 71.5 Å². The van der Waals surface area contributed by atoms with Crippen LogP contribution >= 0.6 is 0 Å². The van der Waals surface area contributed by atoms with Crippen LogP contribution in [0, 0.1) is 23.1 Å². The molecule has 148 valence electrons. The first kappa shape index (κ1) is 20.6. The Hall–Kier alpha value is -2.18. The van der Waals surface area contributed by atoms with Gasteiger partial charge in [-0.3, -0.25) is 0 Å². The van der Waals surface area contributed by atoms with Crippen LogP contribution in [0.25, 0.3) is 0 Å². The van der Waals surface area contributed by atoms with Gasteiger partial charge < -0.3 is 4.90 Å². The lowest BCUT2D eigenvalue weighted by Gasteiger charge is -2.41. The zero-order chi connectivity index (χ0) is 19.8. The lowest BCUT2D eigenvalue weighted by molar-refractivity contribution is 0.185. The van der Waals surface area contributed by atoms with E-state index >= 15 is 0 Å². The van der Waals surface area contributed by atoms with Gasteiger partial charge in [-0.1, -0.05) is 55.8 Å². The summed E-state index contributed by atoms with van der Waals surface area (Å²) in [5.41, 5.74) is 1.90. The van der Waals surface area contributed by atoms with Crippen molar-refractivity contribution >= 4 is 0 Å². The minimum absolute atomic E-state index is 0.234. The number of nitrogens with zero attached hydrogens (tertiary/aromatic N) is 2. The van der Waals surface area contributed by atoms with Crippen LogP contribution in [0.15, 0.2) is 54.6 Å². The average molecular weight is 379 g/mol. The fraction of sp³-hybridized carbons (Fsp3) is 0.480. The maximum atomic E-state index is 13.4. The van der Waals surface area contributed by atoms with Crippen LogP contribution in [0.4, 0.5) is 4.39 Å². The van der Waals surface area contributed by atoms with Crippen molar-refractivity contribution in [2.45, 2.75) is 50.9 Å². The van der Waals surface area contributed by atoms with Crippen molar-refractivity contribution in [2.24, 2.45) is 5.92 Å². The molecule has 1 saturated carbocycles. The normalized spacial score (nSPS) is 16.4. The molecule has 1 aliphatic rings. The summed E-state index contributed by atoms with van der Waals surface area (Å²) >= 11 is 0. The lowest BCUT2D eigenvalue weighted by atomic mass is 9.61. The van der Waals surface area contributed by atoms with Gasteiger partial charge in [0.1, 0.15) is 5.82 Å². The smallest absolute Gasteiger partial charge is 0.123 e. The highest BCUT2D eigenvalue weighted by Crippen LogP contribution is 2.46. The second kappa shape index (κ2) is 9.85. The highest BCUT2D eigenvalue weighted by molar-refractivity contribution is 5.34. The fourth-order valence-corrected chi connectivity index (χ4v) is 4.39. The Labute approximate surface area is 169 Å². The van der Waals surface area contributed by atoms with Gasteiger partial charge in [-0.15, -0.1) is 0 Å². The molecule has 28 heavy (non-hydrogen) atoms. The van der Waals surface area contributed by atoms with Gasteiger partial charge in [-0.05, 0) is 74.4 Å². The van der Waals surface area contributed by atoms with E-state index in [0.29, 0.717) is 5.92 Å². The molecule has 2 nitrogen and oxygen atoms in total. The van der Waals surface area contributed by atoms with Crippen LogP contribution in [-0.4, -0.2) is 24.5 Å². The first-order valence-corrected chi connectivity index (χ1v) is 10.6. The molecule has 0 aromatic heterocycles. The molecule has 1 fully saturated rings. The molecule has 2 aromatic carbocycles. The first-order chi connectivity index (χ1) is 13.7. The SMILES string of the molecule is CCN(CCCC(C#N)(c1ccc(F)cc1)C1CCC1)CCc1ccccc1. The Balaban J connectivity index is 1.61. The van der Waals surface area contributed by atoms with E-state index in [1.807, 2.05) is 12.1 Å². The molecule has 3 rings (SSSR count). The Bertz CT molecular complexity index is 761. The number of rotatable bonds is 10. The van der Waals surface area contributed by atoms with Crippen molar-refractivity contribution < 1.29 is 4.39 Å². The molecular formula is C25H31FN2. The Morgan fingerprint density at radius 3 is 2.36 bits per heavy atom. The number of likely N-dealkylation sites (N-methyl/N-ethyl adjacent to an activating group) is 1. The highest BCUT2D eigenvalue weighted by Gasteiger charge is 2.43. The van der Waals surface area contributed by atoms with Crippen LogP contribution in [0.3, 0.4) is 0 Å². The molecule has 0 bridgehead atoms. The summed E-state index contributed by atoms with van der Waals surface area (Å²) < 4.78 is 13.4. The molecule has 0 heterocycles. The second-order valence-corrected chi connectivity index (χ2v) is 7.99. The number of nitriles is 1. The monoisotopic (exact) mass is 378 g/mol. The second-order valence-electron chi connectivity index (χ2n) is 7.99. The van der Waals surface area contributed by atoms with Gasteiger partial charge in [0.05, 0.1) is 11.5 Å². The Morgan fingerprint density at radius 1 is 1.07 bits per heavy atom. The van der Waals surface area contributed by atoms with E-state index < -0.39 is 5.41 Å². The first-order valence-electron chi connectivity index (χ1n) is 10.6. The zero-order valence-corrected chi connectivity index (χ0v) is 16.9. The number of halogens is 1. The summed E-state index contributed by atoms with van der Waals surface area (Å²) in [6.45, 7) is 5.27. The van der Waals surface area contributed by atoms with E-state index in [2.05, 4.69) is 48.2 Å². The average Bonchev–Trinajstić information content (AvgIpc) is 2.69. The third kappa shape index (κ3) is 4.80. The van der Waals surface area contributed by atoms with E-state index in [0.717, 1.165) is 57.3 Å².